The fourth-order valence-corrected chi connectivity index (χ4v) is 2.16. The van der Waals surface area contributed by atoms with Gasteiger partial charge in [-0.3, -0.25) is 9.78 Å². The van der Waals surface area contributed by atoms with E-state index in [0.717, 1.165) is 16.9 Å². The van der Waals surface area contributed by atoms with Crippen LogP contribution in [0.1, 0.15) is 6.42 Å². The Labute approximate surface area is 156 Å². The lowest BCUT2D eigenvalue weighted by Crippen LogP contribution is -2.33. The molecule has 11 heteroatoms. The number of pyridine rings is 1. The number of aryl methyl sites for hydroxylation is 1. The molecule has 0 fully saturated rings. The number of carbonyl (C=O) groups is 2. The van der Waals surface area contributed by atoms with E-state index in [4.69, 9.17) is 5.11 Å². The average molecular weight is 397 g/mol. The molecule has 0 aliphatic heterocycles. The van der Waals surface area contributed by atoms with Crippen molar-refractivity contribution >= 4 is 17.6 Å². The number of hydrogen-bond donors (Lipinski definition) is 1. The van der Waals surface area contributed by atoms with E-state index in [2.05, 4.69) is 14.7 Å². The van der Waals surface area contributed by atoms with Gasteiger partial charge in [0.2, 0.25) is 0 Å². The van der Waals surface area contributed by atoms with Crippen molar-refractivity contribution < 1.29 is 37.2 Å². The zero-order valence-electron chi connectivity index (χ0n) is 14.6. The molecule has 0 amide bonds. The maximum Gasteiger partial charge on any atom is 0.490 e. The maximum atomic E-state index is 11.0. The zero-order chi connectivity index (χ0) is 20.7. The number of ether oxygens (including phenoxy) is 1. The molecular formula is C17H16F3N4O4+. The van der Waals surface area contributed by atoms with Crippen LogP contribution in [0.4, 0.5) is 13.2 Å². The molecule has 1 N–H and O–H groups in total. The molecule has 0 bridgehead atoms. The summed E-state index contributed by atoms with van der Waals surface area (Å²) in [6.07, 6.45) is 6.15. The molecule has 0 spiro atoms. The summed E-state index contributed by atoms with van der Waals surface area (Å²) >= 11 is 0. The fourth-order valence-electron chi connectivity index (χ4n) is 2.16. The molecule has 0 saturated heterocycles. The highest BCUT2D eigenvalue weighted by molar-refractivity contribution is 5.75. The number of imidazole rings is 1. The number of carboxylic acids is 1. The lowest BCUT2D eigenvalue weighted by atomic mass is 10.2. The standard InChI is InChI=1S/C14H12N4O2.C3H3F3O2/c19-12(20)3-8-17-6-1-11(2-7-17)13-14-16-5-10-18(14)9-4-15-13;1-8-2(7)3(4,5)6/h1-2,4-7,9-10H,3,8H2;1H3/p+1. The maximum absolute atomic E-state index is 11.0. The van der Waals surface area contributed by atoms with Crippen molar-refractivity contribution in [3.05, 3.63) is 49.3 Å². The normalized spacial score (nSPS) is 10.9. The van der Waals surface area contributed by atoms with E-state index >= 15 is 0 Å². The first-order valence-corrected chi connectivity index (χ1v) is 7.86. The van der Waals surface area contributed by atoms with Crippen LogP contribution in [0.3, 0.4) is 0 Å². The zero-order valence-corrected chi connectivity index (χ0v) is 14.6. The summed E-state index contributed by atoms with van der Waals surface area (Å²) in [5, 5.41) is 8.67. The summed E-state index contributed by atoms with van der Waals surface area (Å²) in [6, 6.07) is 3.83. The third-order valence-corrected chi connectivity index (χ3v) is 3.48. The molecule has 0 saturated carbocycles. The Morgan fingerprint density at radius 1 is 1.18 bits per heavy atom. The first-order valence-electron chi connectivity index (χ1n) is 7.86. The van der Waals surface area contributed by atoms with Gasteiger partial charge in [-0.2, -0.15) is 13.2 Å². The summed E-state index contributed by atoms with van der Waals surface area (Å²) in [7, 11) is 0.676. The molecule has 3 rings (SSSR count). The second-order valence-electron chi connectivity index (χ2n) is 5.39. The number of halogens is 3. The van der Waals surface area contributed by atoms with Gasteiger partial charge in [0.25, 0.3) is 0 Å². The number of aliphatic carboxylic acids is 1. The van der Waals surface area contributed by atoms with Gasteiger partial charge in [-0.05, 0) is 0 Å². The number of nitrogens with zero attached hydrogens (tertiary/aromatic N) is 4. The fraction of sp³-hybridized carbons (Fsp3) is 0.235. The van der Waals surface area contributed by atoms with E-state index in [9.17, 15) is 22.8 Å². The van der Waals surface area contributed by atoms with Crippen molar-refractivity contribution in [1.82, 2.24) is 14.4 Å². The molecule has 0 atom stereocenters. The quantitative estimate of drug-likeness (QED) is 0.533. The molecule has 148 valence electrons. The Bertz CT molecular complexity index is 955. The Morgan fingerprint density at radius 3 is 2.29 bits per heavy atom. The number of hydrogen-bond acceptors (Lipinski definition) is 5. The van der Waals surface area contributed by atoms with Gasteiger partial charge in [0, 0.05) is 42.5 Å². The number of carbonyl (C=O) groups excluding carboxylic acids is 1. The summed E-state index contributed by atoms with van der Waals surface area (Å²) in [5.74, 6) is -2.97. The molecule has 3 aromatic heterocycles. The SMILES string of the molecule is COC(=O)C(F)(F)F.O=C(O)CC[n+]1ccc(-c2nccn3ccnc23)cc1. The molecule has 0 aliphatic carbocycles. The van der Waals surface area contributed by atoms with Crippen LogP contribution in [0.25, 0.3) is 16.9 Å². The van der Waals surface area contributed by atoms with Crippen LogP contribution >= 0.6 is 0 Å². The first-order chi connectivity index (χ1) is 13.2. The minimum Gasteiger partial charge on any atom is -0.481 e. The highest BCUT2D eigenvalue weighted by Gasteiger charge is 2.40. The molecule has 0 unspecified atom stereocenters. The van der Waals surface area contributed by atoms with Gasteiger partial charge in [0.05, 0.1) is 7.11 Å². The first kappa shape index (κ1) is 20.8. The Morgan fingerprint density at radius 2 is 1.79 bits per heavy atom. The Kier molecular flexibility index (Phi) is 6.64. The minimum absolute atomic E-state index is 0.109. The molecule has 0 aliphatic rings. The van der Waals surface area contributed by atoms with Crippen LogP contribution in [0.2, 0.25) is 0 Å². The van der Waals surface area contributed by atoms with Gasteiger partial charge in [0.15, 0.2) is 24.6 Å². The predicted molar refractivity (Wildman–Crippen MR) is 88.9 cm³/mol. The van der Waals surface area contributed by atoms with Crippen LogP contribution in [0.5, 0.6) is 0 Å². The number of methoxy groups -OCH3 is 1. The van der Waals surface area contributed by atoms with Crippen molar-refractivity contribution in [2.75, 3.05) is 7.11 Å². The number of aromatic nitrogens is 4. The van der Waals surface area contributed by atoms with Crippen molar-refractivity contribution in [2.45, 2.75) is 19.1 Å². The van der Waals surface area contributed by atoms with E-state index in [-0.39, 0.29) is 6.42 Å². The van der Waals surface area contributed by atoms with E-state index in [1.54, 1.807) is 12.4 Å². The van der Waals surface area contributed by atoms with Crippen molar-refractivity contribution in [3.63, 3.8) is 0 Å². The highest BCUT2D eigenvalue weighted by Crippen LogP contribution is 2.19. The van der Waals surface area contributed by atoms with Gasteiger partial charge in [0.1, 0.15) is 12.1 Å². The smallest absolute Gasteiger partial charge is 0.481 e. The van der Waals surface area contributed by atoms with Crippen LogP contribution in [-0.2, 0) is 20.9 Å². The van der Waals surface area contributed by atoms with Crippen LogP contribution < -0.4 is 4.57 Å². The predicted octanol–water partition coefficient (Wildman–Crippen LogP) is 1.88. The van der Waals surface area contributed by atoms with E-state index in [1.165, 1.54) is 0 Å². The largest absolute Gasteiger partial charge is 0.490 e. The monoisotopic (exact) mass is 397 g/mol. The van der Waals surface area contributed by atoms with E-state index in [1.807, 2.05) is 45.9 Å². The van der Waals surface area contributed by atoms with Gasteiger partial charge in [-0.25, -0.2) is 14.3 Å². The molecule has 3 heterocycles. The topological polar surface area (TPSA) is 97.7 Å². The third-order valence-electron chi connectivity index (χ3n) is 3.48. The second kappa shape index (κ2) is 8.93. The second-order valence-corrected chi connectivity index (χ2v) is 5.39. The number of alkyl halides is 3. The molecule has 3 aromatic rings. The summed E-state index contributed by atoms with van der Waals surface area (Å²) in [4.78, 5) is 28.7. The van der Waals surface area contributed by atoms with Gasteiger partial charge >= 0.3 is 18.1 Å². The highest BCUT2D eigenvalue weighted by atomic mass is 19.4. The van der Waals surface area contributed by atoms with Crippen molar-refractivity contribution in [3.8, 4) is 11.3 Å². The van der Waals surface area contributed by atoms with Crippen LogP contribution in [-0.4, -0.2) is 44.7 Å². The van der Waals surface area contributed by atoms with Gasteiger partial charge < -0.3 is 14.2 Å². The van der Waals surface area contributed by atoms with E-state index < -0.39 is 18.1 Å². The summed E-state index contributed by atoms with van der Waals surface area (Å²) in [5.41, 5.74) is 2.56. The molecular weight excluding hydrogens is 381 g/mol. The number of rotatable bonds is 4. The Hall–Kier alpha value is -3.50. The number of carboxylic acid groups (broad SMARTS) is 1. The van der Waals surface area contributed by atoms with Crippen molar-refractivity contribution in [2.24, 2.45) is 0 Å². The van der Waals surface area contributed by atoms with Crippen LogP contribution in [0, 0.1) is 0 Å². The van der Waals surface area contributed by atoms with Crippen molar-refractivity contribution in [1.29, 1.82) is 0 Å². The van der Waals surface area contributed by atoms with Gasteiger partial charge in [-0.15, -0.1) is 0 Å². The van der Waals surface area contributed by atoms with Crippen LogP contribution in [0.15, 0.2) is 49.3 Å². The molecule has 0 aromatic carbocycles. The minimum atomic E-state index is -4.85. The van der Waals surface area contributed by atoms with Gasteiger partial charge in [-0.1, -0.05) is 0 Å². The Balaban J connectivity index is 0.000000300. The van der Waals surface area contributed by atoms with E-state index in [0.29, 0.717) is 13.7 Å². The molecule has 28 heavy (non-hydrogen) atoms. The number of esters is 1. The summed E-state index contributed by atoms with van der Waals surface area (Å²) < 4.78 is 40.0. The summed E-state index contributed by atoms with van der Waals surface area (Å²) in [6.45, 7) is 0.455. The average Bonchev–Trinajstić information content (AvgIpc) is 3.14. The molecule has 8 nitrogen and oxygen atoms in total. The number of fused-ring (bicyclic) bond motifs is 1. The molecule has 0 radical (unpaired) electrons. The third kappa shape index (κ3) is 5.50. The lowest BCUT2D eigenvalue weighted by molar-refractivity contribution is -0.695. The lowest BCUT2D eigenvalue weighted by Gasteiger charge is -2.02.